The number of benzene rings is 1. The van der Waals surface area contributed by atoms with Gasteiger partial charge in [-0.3, -0.25) is 4.98 Å². The molecule has 1 unspecified atom stereocenters. The van der Waals surface area contributed by atoms with Gasteiger partial charge in [-0.2, -0.15) is 0 Å². The van der Waals surface area contributed by atoms with E-state index < -0.39 is 0 Å². The number of halogens is 2. The first-order valence-electron chi connectivity index (χ1n) is 6.25. The molecule has 2 rings (SSSR count). The Balaban J connectivity index is 2.20. The highest BCUT2D eigenvalue weighted by atomic mass is 79.9. The summed E-state index contributed by atoms with van der Waals surface area (Å²) in [4.78, 5) is 4.37. The second-order valence-electron chi connectivity index (χ2n) is 4.46. The Hall–Kier alpha value is -1.26. The maximum atomic E-state index is 13.2. The molecule has 2 nitrogen and oxygen atoms in total. The predicted molar refractivity (Wildman–Crippen MR) is 78.3 cm³/mol. The molecule has 0 aliphatic rings. The van der Waals surface area contributed by atoms with Crippen molar-refractivity contribution in [2.45, 2.75) is 25.8 Å². The Morgan fingerprint density at radius 3 is 2.84 bits per heavy atom. The van der Waals surface area contributed by atoms with Crippen LogP contribution in [0.1, 0.15) is 29.8 Å². The Morgan fingerprint density at radius 2 is 2.16 bits per heavy atom. The van der Waals surface area contributed by atoms with Crippen LogP contribution in [-0.2, 0) is 12.8 Å². The molecule has 100 valence electrons. The van der Waals surface area contributed by atoms with Gasteiger partial charge in [0.05, 0.1) is 16.2 Å². The van der Waals surface area contributed by atoms with Crippen molar-refractivity contribution in [3.8, 4) is 0 Å². The van der Waals surface area contributed by atoms with Crippen LogP contribution in [0.3, 0.4) is 0 Å². The zero-order chi connectivity index (χ0) is 13.8. The van der Waals surface area contributed by atoms with Gasteiger partial charge < -0.3 is 5.73 Å². The van der Waals surface area contributed by atoms with E-state index in [-0.39, 0.29) is 11.9 Å². The maximum absolute atomic E-state index is 13.2. The second kappa shape index (κ2) is 6.26. The molecule has 1 heterocycles. The van der Waals surface area contributed by atoms with Crippen LogP contribution in [0.5, 0.6) is 0 Å². The van der Waals surface area contributed by atoms with Crippen molar-refractivity contribution in [1.82, 2.24) is 4.98 Å². The van der Waals surface area contributed by atoms with Crippen molar-refractivity contribution < 1.29 is 4.39 Å². The second-order valence-corrected chi connectivity index (χ2v) is 5.31. The number of aryl methyl sites for hydroxylation is 1. The smallest absolute Gasteiger partial charge is 0.137 e. The fourth-order valence-corrected chi connectivity index (χ4v) is 2.53. The van der Waals surface area contributed by atoms with Gasteiger partial charge in [-0.1, -0.05) is 19.1 Å². The van der Waals surface area contributed by atoms with E-state index in [0.717, 1.165) is 23.2 Å². The lowest BCUT2D eigenvalue weighted by Crippen LogP contribution is -2.17. The molecule has 0 amide bonds. The topological polar surface area (TPSA) is 38.9 Å². The third kappa shape index (κ3) is 3.39. The van der Waals surface area contributed by atoms with Crippen LogP contribution in [-0.4, -0.2) is 4.98 Å². The minimum atomic E-state index is -0.260. The zero-order valence-electron chi connectivity index (χ0n) is 10.7. The highest BCUT2D eigenvalue weighted by Gasteiger charge is 2.13. The van der Waals surface area contributed by atoms with E-state index in [1.165, 1.54) is 6.07 Å². The summed E-state index contributed by atoms with van der Waals surface area (Å²) in [5.74, 6) is -0.260. The number of pyridine rings is 1. The summed E-state index contributed by atoms with van der Waals surface area (Å²) in [6.07, 6.45) is 3.31. The number of aromatic nitrogens is 1. The first kappa shape index (κ1) is 14.2. The maximum Gasteiger partial charge on any atom is 0.137 e. The van der Waals surface area contributed by atoms with Crippen LogP contribution in [0.15, 0.2) is 41.0 Å². The third-order valence-corrected chi connectivity index (χ3v) is 3.71. The number of nitrogens with two attached hydrogens (primary N) is 1. The highest BCUT2D eigenvalue weighted by Crippen LogP contribution is 2.22. The molecule has 2 N–H and O–H groups in total. The molecule has 0 radical (unpaired) electrons. The van der Waals surface area contributed by atoms with Crippen molar-refractivity contribution in [2.24, 2.45) is 5.73 Å². The first-order valence-corrected chi connectivity index (χ1v) is 7.04. The molecule has 0 saturated carbocycles. The Morgan fingerprint density at radius 1 is 1.37 bits per heavy atom. The lowest BCUT2D eigenvalue weighted by Gasteiger charge is -2.15. The molecule has 0 aliphatic carbocycles. The van der Waals surface area contributed by atoms with Gasteiger partial charge in [0.25, 0.3) is 0 Å². The van der Waals surface area contributed by atoms with Gasteiger partial charge >= 0.3 is 0 Å². The minimum Gasteiger partial charge on any atom is -0.322 e. The Kier molecular flexibility index (Phi) is 4.66. The number of hydrogen-bond donors (Lipinski definition) is 1. The van der Waals surface area contributed by atoms with Crippen molar-refractivity contribution >= 4 is 15.9 Å². The largest absolute Gasteiger partial charge is 0.322 e. The standard InChI is InChI=1S/C15H16BrFN2/c1-2-11-4-3-7-19-15(11)14(18)9-10-5-6-13(17)12(16)8-10/h3-8,14H,2,9,18H2,1H3. The van der Waals surface area contributed by atoms with Gasteiger partial charge in [0.15, 0.2) is 0 Å². The summed E-state index contributed by atoms with van der Waals surface area (Å²) in [6.45, 7) is 2.09. The number of hydrogen-bond acceptors (Lipinski definition) is 2. The highest BCUT2D eigenvalue weighted by molar-refractivity contribution is 9.10. The summed E-state index contributed by atoms with van der Waals surface area (Å²) in [7, 11) is 0. The lowest BCUT2D eigenvalue weighted by molar-refractivity contribution is 0.618. The van der Waals surface area contributed by atoms with Gasteiger partial charge in [-0.05, 0) is 58.1 Å². The van der Waals surface area contributed by atoms with Gasteiger partial charge in [0, 0.05) is 6.20 Å². The van der Waals surface area contributed by atoms with E-state index in [9.17, 15) is 4.39 Å². The zero-order valence-corrected chi connectivity index (χ0v) is 12.3. The van der Waals surface area contributed by atoms with Gasteiger partial charge in [0.2, 0.25) is 0 Å². The van der Waals surface area contributed by atoms with Gasteiger partial charge in [-0.15, -0.1) is 0 Å². The van der Waals surface area contributed by atoms with Gasteiger partial charge in [-0.25, -0.2) is 4.39 Å². The molecule has 0 bridgehead atoms. The summed E-state index contributed by atoms with van der Waals surface area (Å²) >= 11 is 3.19. The van der Waals surface area contributed by atoms with Crippen molar-refractivity contribution in [3.63, 3.8) is 0 Å². The van der Waals surface area contributed by atoms with E-state index in [1.807, 2.05) is 12.1 Å². The molecule has 1 aromatic carbocycles. The van der Waals surface area contributed by atoms with E-state index >= 15 is 0 Å². The summed E-state index contributed by atoms with van der Waals surface area (Å²) in [5, 5.41) is 0. The minimum absolute atomic E-state index is 0.173. The number of nitrogens with zero attached hydrogens (tertiary/aromatic N) is 1. The van der Waals surface area contributed by atoms with Crippen molar-refractivity contribution in [1.29, 1.82) is 0 Å². The summed E-state index contributed by atoms with van der Waals surface area (Å²) < 4.78 is 13.7. The fraction of sp³-hybridized carbons (Fsp3) is 0.267. The van der Waals surface area contributed by atoms with Crippen LogP contribution in [0.25, 0.3) is 0 Å². The molecule has 0 saturated heterocycles. The van der Waals surface area contributed by atoms with Gasteiger partial charge in [0.1, 0.15) is 5.82 Å². The summed E-state index contributed by atoms with van der Waals surface area (Å²) in [6, 6.07) is 8.77. The SMILES string of the molecule is CCc1cccnc1C(N)Cc1ccc(F)c(Br)c1. The lowest BCUT2D eigenvalue weighted by atomic mass is 9.99. The normalized spacial score (nSPS) is 12.4. The molecule has 1 atom stereocenters. The van der Waals surface area contributed by atoms with Crippen LogP contribution in [0.4, 0.5) is 4.39 Å². The Labute approximate surface area is 121 Å². The third-order valence-electron chi connectivity index (χ3n) is 3.10. The van der Waals surface area contributed by atoms with E-state index in [1.54, 1.807) is 18.3 Å². The predicted octanol–water partition coefficient (Wildman–Crippen LogP) is 3.79. The van der Waals surface area contributed by atoms with Crippen molar-refractivity contribution in [2.75, 3.05) is 0 Å². The van der Waals surface area contributed by atoms with E-state index in [4.69, 9.17) is 5.73 Å². The van der Waals surface area contributed by atoms with Crippen LogP contribution < -0.4 is 5.73 Å². The quantitative estimate of drug-likeness (QED) is 0.930. The molecule has 0 aliphatic heterocycles. The molecule has 1 aromatic heterocycles. The molecular formula is C15H16BrFN2. The van der Waals surface area contributed by atoms with Crippen LogP contribution in [0.2, 0.25) is 0 Å². The van der Waals surface area contributed by atoms with E-state index in [0.29, 0.717) is 10.9 Å². The van der Waals surface area contributed by atoms with Crippen LogP contribution in [0, 0.1) is 5.82 Å². The van der Waals surface area contributed by atoms with Crippen LogP contribution >= 0.6 is 15.9 Å². The molecule has 4 heteroatoms. The molecule has 2 aromatic rings. The molecule has 19 heavy (non-hydrogen) atoms. The monoisotopic (exact) mass is 322 g/mol. The molecular weight excluding hydrogens is 307 g/mol. The Bertz CT molecular complexity index is 572. The average Bonchev–Trinajstić information content (AvgIpc) is 2.43. The number of rotatable bonds is 4. The fourth-order valence-electron chi connectivity index (χ4n) is 2.10. The van der Waals surface area contributed by atoms with Crippen molar-refractivity contribution in [3.05, 3.63) is 63.6 Å². The average molecular weight is 323 g/mol. The van der Waals surface area contributed by atoms with E-state index in [2.05, 4.69) is 27.8 Å². The molecule has 0 spiro atoms. The summed E-state index contributed by atoms with van der Waals surface area (Å²) in [5.41, 5.74) is 9.30. The molecule has 0 fully saturated rings. The first-order chi connectivity index (χ1) is 9.11.